The highest BCUT2D eigenvalue weighted by atomic mass is 16.6. The van der Waals surface area contributed by atoms with Crippen LogP contribution in [0.5, 0.6) is 0 Å². The van der Waals surface area contributed by atoms with E-state index in [1.54, 1.807) is 25.7 Å². The quantitative estimate of drug-likeness (QED) is 0.772. The van der Waals surface area contributed by atoms with Crippen molar-refractivity contribution in [2.24, 2.45) is 0 Å². The van der Waals surface area contributed by atoms with E-state index in [4.69, 9.17) is 9.47 Å². The summed E-state index contributed by atoms with van der Waals surface area (Å²) in [5.41, 5.74) is 0.120. The molecule has 0 radical (unpaired) electrons. The maximum atomic E-state index is 12.5. The molecule has 2 rings (SSSR count). The third kappa shape index (κ3) is 7.29. The van der Waals surface area contributed by atoms with Crippen molar-refractivity contribution in [1.29, 1.82) is 0 Å². The van der Waals surface area contributed by atoms with Crippen LogP contribution >= 0.6 is 0 Å². The number of nitrogens with one attached hydrogen (secondary N) is 1. The number of likely N-dealkylation sites (tertiary alicyclic amines) is 1. The Balaban J connectivity index is 1.99. The fraction of sp³-hybridized carbons (Fsp3) is 0.550. The van der Waals surface area contributed by atoms with Crippen LogP contribution in [-0.2, 0) is 25.7 Å². The van der Waals surface area contributed by atoms with Crippen LogP contribution in [0, 0.1) is 0 Å². The van der Waals surface area contributed by atoms with Crippen LogP contribution in [0.2, 0.25) is 0 Å². The molecule has 1 aromatic rings. The lowest BCUT2D eigenvalue weighted by atomic mass is 10.2. The summed E-state index contributed by atoms with van der Waals surface area (Å²) in [6, 6.07) is 8.13. The fourth-order valence-corrected chi connectivity index (χ4v) is 2.74. The van der Waals surface area contributed by atoms with Gasteiger partial charge in [-0.1, -0.05) is 30.3 Å². The Labute approximate surface area is 160 Å². The molecule has 1 N–H and O–H groups in total. The molecule has 1 saturated heterocycles. The van der Waals surface area contributed by atoms with Crippen molar-refractivity contribution in [3.63, 3.8) is 0 Å². The van der Waals surface area contributed by atoms with Gasteiger partial charge in [-0.2, -0.15) is 0 Å². The van der Waals surface area contributed by atoms with Gasteiger partial charge >= 0.3 is 12.1 Å². The van der Waals surface area contributed by atoms with Crippen molar-refractivity contribution in [3.05, 3.63) is 35.9 Å². The summed E-state index contributed by atoms with van der Waals surface area (Å²) in [5.74, 6) is -0.831. The predicted octanol–water partition coefficient (Wildman–Crippen LogP) is 2.64. The van der Waals surface area contributed by atoms with Crippen molar-refractivity contribution in [2.45, 2.75) is 58.3 Å². The predicted molar refractivity (Wildman–Crippen MR) is 99.8 cm³/mol. The lowest BCUT2D eigenvalue weighted by Crippen LogP contribution is -2.47. The molecule has 27 heavy (non-hydrogen) atoms. The number of rotatable bonds is 6. The van der Waals surface area contributed by atoms with Crippen LogP contribution < -0.4 is 5.32 Å². The smallest absolute Gasteiger partial charge is 0.408 e. The van der Waals surface area contributed by atoms with E-state index in [0.717, 1.165) is 18.4 Å². The molecule has 1 heterocycles. The average Bonchev–Trinajstić information content (AvgIpc) is 3.13. The van der Waals surface area contributed by atoms with Crippen molar-refractivity contribution in [3.8, 4) is 0 Å². The third-order valence-corrected chi connectivity index (χ3v) is 4.04. The van der Waals surface area contributed by atoms with E-state index < -0.39 is 23.7 Å². The van der Waals surface area contributed by atoms with Crippen molar-refractivity contribution < 1.29 is 23.9 Å². The molecule has 0 unspecified atom stereocenters. The molecule has 1 aromatic carbocycles. The normalized spacial score (nSPS) is 15.1. The molecule has 0 saturated carbocycles. The fourth-order valence-electron chi connectivity index (χ4n) is 2.74. The largest absolute Gasteiger partial charge is 0.459 e. The van der Waals surface area contributed by atoms with Gasteiger partial charge in [-0.05, 0) is 39.2 Å². The van der Waals surface area contributed by atoms with E-state index >= 15 is 0 Å². The molecule has 1 atom stereocenters. The second-order valence-electron chi connectivity index (χ2n) is 7.58. The monoisotopic (exact) mass is 376 g/mol. The van der Waals surface area contributed by atoms with E-state index in [1.807, 2.05) is 30.3 Å². The highest BCUT2D eigenvalue weighted by molar-refractivity contribution is 5.88. The number of benzene rings is 1. The average molecular weight is 376 g/mol. The number of nitrogens with zero attached hydrogens (tertiary/aromatic N) is 1. The Kier molecular flexibility index (Phi) is 7.21. The summed E-state index contributed by atoms with van der Waals surface area (Å²) >= 11 is 0. The van der Waals surface area contributed by atoms with Gasteiger partial charge in [-0.25, -0.2) is 9.59 Å². The number of alkyl carbamates (subject to hydrolysis) is 1. The Morgan fingerprint density at radius 2 is 1.74 bits per heavy atom. The summed E-state index contributed by atoms with van der Waals surface area (Å²) in [5, 5.41) is 2.48. The molecule has 0 bridgehead atoms. The highest BCUT2D eigenvalue weighted by Gasteiger charge is 2.30. The molecule has 7 heteroatoms. The van der Waals surface area contributed by atoms with E-state index in [-0.39, 0.29) is 18.9 Å². The lowest BCUT2D eigenvalue weighted by molar-refractivity contribution is -0.150. The van der Waals surface area contributed by atoms with Crippen LogP contribution in [0.3, 0.4) is 0 Å². The second kappa shape index (κ2) is 9.39. The van der Waals surface area contributed by atoms with E-state index in [2.05, 4.69) is 5.32 Å². The zero-order valence-corrected chi connectivity index (χ0v) is 16.2. The first-order valence-corrected chi connectivity index (χ1v) is 9.22. The molecule has 2 amide bonds. The zero-order valence-electron chi connectivity index (χ0n) is 16.2. The number of esters is 1. The number of hydrogen-bond donors (Lipinski definition) is 1. The van der Waals surface area contributed by atoms with Gasteiger partial charge in [0.25, 0.3) is 0 Å². The van der Waals surface area contributed by atoms with Crippen LogP contribution in [-0.4, -0.2) is 47.6 Å². The Hall–Kier alpha value is -2.57. The SMILES string of the molecule is CC(C)(C)OC(=O)N[C@H](CC(=O)N1CCCC1)C(=O)OCc1ccccc1. The van der Waals surface area contributed by atoms with E-state index in [1.165, 1.54) is 0 Å². The molecule has 0 spiro atoms. The van der Waals surface area contributed by atoms with Gasteiger partial charge < -0.3 is 19.7 Å². The first-order chi connectivity index (χ1) is 12.7. The molecule has 0 aliphatic carbocycles. The van der Waals surface area contributed by atoms with Crippen molar-refractivity contribution in [2.75, 3.05) is 13.1 Å². The van der Waals surface area contributed by atoms with Gasteiger partial charge in [0.1, 0.15) is 18.2 Å². The minimum atomic E-state index is -1.09. The maximum Gasteiger partial charge on any atom is 0.408 e. The zero-order chi connectivity index (χ0) is 19.9. The van der Waals surface area contributed by atoms with Crippen molar-refractivity contribution in [1.82, 2.24) is 10.2 Å². The van der Waals surface area contributed by atoms with Gasteiger partial charge in [0.2, 0.25) is 5.91 Å². The standard InChI is InChI=1S/C20H28N2O5/c1-20(2,3)27-19(25)21-16(13-17(23)22-11-7-8-12-22)18(24)26-14-15-9-5-4-6-10-15/h4-6,9-10,16H,7-8,11-14H2,1-3H3,(H,21,25)/t16-/m1/s1. The van der Waals surface area contributed by atoms with Crippen LogP contribution in [0.4, 0.5) is 4.79 Å². The van der Waals surface area contributed by atoms with Crippen molar-refractivity contribution >= 4 is 18.0 Å². The minimum absolute atomic E-state index is 0.0735. The van der Waals surface area contributed by atoms with Gasteiger partial charge in [0.15, 0.2) is 0 Å². The lowest BCUT2D eigenvalue weighted by Gasteiger charge is -2.24. The molecule has 0 aromatic heterocycles. The van der Waals surface area contributed by atoms with Crippen LogP contribution in [0.15, 0.2) is 30.3 Å². The molecule has 1 fully saturated rings. The molecule has 7 nitrogen and oxygen atoms in total. The first kappa shape index (κ1) is 20.7. The third-order valence-electron chi connectivity index (χ3n) is 4.04. The molecule has 1 aliphatic heterocycles. The second-order valence-corrected chi connectivity index (χ2v) is 7.58. The number of ether oxygens (including phenoxy) is 2. The van der Waals surface area contributed by atoms with Crippen LogP contribution in [0.25, 0.3) is 0 Å². The highest BCUT2D eigenvalue weighted by Crippen LogP contribution is 2.13. The minimum Gasteiger partial charge on any atom is -0.459 e. The van der Waals surface area contributed by atoms with Crippen LogP contribution in [0.1, 0.15) is 45.6 Å². The number of hydrogen-bond acceptors (Lipinski definition) is 5. The molecule has 148 valence electrons. The summed E-state index contributed by atoms with van der Waals surface area (Å²) in [6.45, 7) is 6.61. The first-order valence-electron chi connectivity index (χ1n) is 9.22. The number of carbonyl (C=O) groups is 3. The summed E-state index contributed by atoms with van der Waals surface area (Å²) in [4.78, 5) is 38.7. The van der Waals surface area contributed by atoms with Gasteiger partial charge in [-0.3, -0.25) is 4.79 Å². The topological polar surface area (TPSA) is 84.9 Å². The Bertz CT molecular complexity index is 648. The number of amides is 2. The summed E-state index contributed by atoms with van der Waals surface area (Å²) in [7, 11) is 0. The maximum absolute atomic E-state index is 12.5. The van der Waals surface area contributed by atoms with Gasteiger partial charge in [-0.15, -0.1) is 0 Å². The molecular weight excluding hydrogens is 348 g/mol. The van der Waals surface area contributed by atoms with E-state index in [9.17, 15) is 14.4 Å². The van der Waals surface area contributed by atoms with Gasteiger partial charge in [0, 0.05) is 13.1 Å². The molecular formula is C20H28N2O5. The summed E-state index contributed by atoms with van der Waals surface area (Å²) in [6.07, 6.45) is 1.01. The van der Waals surface area contributed by atoms with E-state index in [0.29, 0.717) is 13.1 Å². The number of carbonyl (C=O) groups excluding carboxylic acids is 3. The van der Waals surface area contributed by atoms with Gasteiger partial charge in [0.05, 0.1) is 6.42 Å². The Morgan fingerprint density at radius 1 is 1.11 bits per heavy atom. The Morgan fingerprint density at radius 3 is 2.33 bits per heavy atom. The summed E-state index contributed by atoms with van der Waals surface area (Å²) < 4.78 is 10.5. The molecule has 1 aliphatic rings.